The Bertz CT molecular complexity index is 1520. The molecule has 6 nitrogen and oxygen atoms in total. The van der Waals surface area contributed by atoms with Crippen LogP contribution in [0, 0.1) is 0 Å². The van der Waals surface area contributed by atoms with Crippen molar-refractivity contribution in [2.45, 2.75) is 354 Å². The van der Waals surface area contributed by atoms with Crippen LogP contribution in [0.3, 0.4) is 0 Å². The van der Waals surface area contributed by atoms with E-state index in [-0.39, 0.29) is 31.1 Å². The maximum atomic E-state index is 13.0. The molecule has 0 aliphatic heterocycles. The second kappa shape index (κ2) is 68.1. The summed E-state index contributed by atoms with van der Waals surface area (Å²) in [4.78, 5) is 38.4. The molecule has 0 bridgehead atoms. The van der Waals surface area contributed by atoms with E-state index in [1.807, 2.05) is 0 Å². The van der Waals surface area contributed by atoms with Crippen LogP contribution in [0.15, 0.2) is 85.1 Å². The van der Waals surface area contributed by atoms with E-state index >= 15 is 0 Å². The van der Waals surface area contributed by atoms with E-state index in [4.69, 9.17) is 14.2 Å². The molecule has 0 radical (unpaired) electrons. The SMILES string of the molecule is CC/C=C\C/C=C\C/C=C\C/C=C\C/C=C\CCCCCCCCCCCC(=O)OCC(COC(=O)CCCCCCC/C=C\CCCCCCCCC)OC(=O)CCCCCCCCCCC/C=C\CCCCCCCCCC. The van der Waals surface area contributed by atoms with E-state index in [1.54, 1.807) is 0 Å². The van der Waals surface area contributed by atoms with Crippen molar-refractivity contribution >= 4 is 17.9 Å². The van der Waals surface area contributed by atoms with Crippen molar-refractivity contribution in [3.05, 3.63) is 85.1 Å². The Kier molecular flexibility index (Phi) is 65.2. The second-order valence-corrected chi connectivity index (χ2v) is 23.1. The number of allylic oxidation sites excluding steroid dienone is 14. The molecule has 0 fully saturated rings. The summed E-state index contributed by atoms with van der Waals surface area (Å²) >= 11 is 0. The predicted molar refractivity (Wildman–Crippen MR) is 348 cm³/mol. The van der Waals surface area contributed by atoms with Gasteiger partial charge in [0, 0.05) is 19.3 Å². The number of carbonyl (C=O) groups is 3. The molecule has 0 aromatic carbocycles. The maximum absolute atomic E-state index is 13.0. The van der Waals surface area contributed by atoms with E-state index in [1.165, 1.54) is 205 Å². The molecule has 0 aliphatic carbocycles. The summed E-state index contributed by atoms with van der Waals surface area (Å²) in [6.07, 6.45) is 90.2. The van der Waals surface area contributed by atoms with Gasteiger partial charge in [-0.15, -0.1) is 0 Å². The molecule has 1 atom stereocenters. The van der Waals surface area contributed by atoms with Gasteiger partial charge in [0.15, 0.2) is 6.10 Å². The molecule has 0 N–H and O–H groups in total. The Hall–Kier alpha value is -3.41. The zero-order valence-electron chi connectivity index (χ0n) is 53.1. The Morgan fingerprint density at radius 1 is 0.263 bits per heavy atom. The lowest BCUT2D eigenvalue weighted by atomic mass is 10.1. The maximum Gasteiger partial charge on any atom is 0.306 e. The van der Waals surface area contributed by atoms with Crippen molar-refractivity contribution in [1.29, 1.82) is 0 Å². The molecule has 0 aromatic rings. The summed E-state index contributed by atoms with van der Waals surface area (Å²) in [5.74, 6) is -0.880. The summed E-state index contributed by atoms with van der Waals surface area (Å²) in [6, 6.07) is 0. The first-order valence-corrected chi connectivity index (χ1v) is 34.6. The van der Waals surface area contributed by atoms with Gasteiger partial charge in [-0.2, -0.15) is 0 Å². The third kappa shape index (κ3) is 65.4. The first kappa shape index (κ1) is 76.6. The number of rotatable bonds is 63. The number of carbonyl (C=O) groups excluding carboxylic acids is 3. The number of ether oxygens (including phenoxy) is 3. The first-order chi connectivity index (χ1) is 39.5. The molecule has 462 valence electrons. The molecule has 0 aromatic heterocycles. The summed E-state index contributed by atoms with van der Waals surface area (Å²) in [7, 11) is 0. The molecule has 6 heteroatoms. The molecular formula is C74H130O6. The minimum absolute atomic E-state index is 0.0813. The highest BCUT2D eigenvalue weighted by Crippen LogP contribution is 2.17. The van der Waals surface area contributed by atoms with Gasteiger partial charge in [-0.05, 0) is 116 Å². The fourth-order valence-corrected chi connectivity index (χ4v) is 9.93. The molecule has 0 saturated carbocycles. The summed E-state index contributed by atoms with van der Waals surface area (Å²) in [5.41, 5.74) is 0. The molecular weight excluding hydrogens is 985 g/mol. The van der Waals surface area contributed by atoms with Crippen molar-refractivity contribution in [2.24, 2.45) is 0 Å². The zero-order chi connectivity index (χ0) is 57.8. The fraction of sp³-hybridized carbons (Fsp3) is 0.770. The van der Waals surface area contributed by atoms with Gasteiger partial charge in [-0.3, -0.25) is 14.4 Å². The molecule has 80 heavy (non-hydrogen) atoms. The second-order valence-electron chi connectivity index (χ2n) is 23.1. The van der Waals surface area contributed by atoms with Crippen LogP contribution >= 0.6 is 0 Å². The van der Waals surface area contributed by atoms with Crippen molar-refractivity contribution in [2.75, 3.05) is 13.2 Å². The number of hydrogen-bond donors (Lipinski definition) is 0. The van der Waals surface area contributed by atoms with Crippen molar-refractivity contribution in [3.63, 3.8) is 0 Å². The van der Waals surface area contributed by atoms with E-state index in [0.717, 1.165) is 103 Å². The first-order valence-electron chi connectivity index (χ1n) is 34.6. The standard InChI is InChI=1S/C74H130O6/c1-4-7-10-13-16-19-22-25-28-31-33-35-36-37-38-40-41-43-46-49-52-55-58-61-64-67-73(76)79-70-71(69-78-72(75)66-63-60-57-54-51-48-45-30-27-24-21-18-15-12-9-6-3)80-74(77)68-65-62-59-56-53-50-47-44-42-39-34-32-29-26-23-20-17-14-11-8-5-2/h7,10,16,19,25,28,30,32-35,37-38,45,71H,4-6,8-9,11-15,17-18,20-24,26-27,29,31,36,39-44,46-70H2,1-3H3/b10-7-,19-16-,28-25-,34-32-,35-33-,38-37-,45-30-. The largest absolute Gasteiger partial charge is 0.462 e. The smallest absolute Gasteiger partial charge is 0.306 e. The highest BCUT2D eigenvalue weighted by Gasteiger charge is 2.19. The van der Waals surface area contributed by atoms with Crippen LogP contribution in [0.5, 0.6) is 0 Å². The van der Waals surface area contributed by atoms with E-state index in [9.17, 15) is 14.4 Å². The summed E-state index contributed by atoms with van der Waals surface area (Å²) in [5, 5.41) is 0. The normalized spacial score (nSPS) is 12.6. The summed E-state index contributed by atoms with van der Waals surface area (Å²) in [6.45, 7) is 6.56. The van der Waals surface area contributed by atoms with Crippen LogP contribution in [0.1, 0.15) is 348 Å². The van der Waals surface area contributed by atoms with Crippen LogP contribution < -0.4 is 0 Å². The molecule has 0 amide bonds. The minimum Gasteiger partial charge on any atom is -0.462 e. The van der Waals surface area contributed by atoms with Crippen LogP contribution in [0.2, 0.25) is 0 Å². The number of esters is 3. The lowest BCUT2D eigenvalue weighted by Gasteiger charge is -2.18. The van der Waals surface area contributed by atoms with Gasteiger partial charge in [0.1, 0.15) is 13.2 Å². The fourth-order valence-electron chi connectivity index (χ4n) is 9.93. The van der Waals surface area contributed by atoms with Crippen LogP contribution in [0.25, 0.3) is 0 Å². The van der Waals surface area contributed by atoms with Crippen molar-refractivity contribution < 1.29 is 28.6 Å². The Morgan fingerprint density at radius 3 is 0.775 bits per heavy atom. The third-order valence-corrected chi connectivity index (χ3v) is 15.1. The van der Waals surface area contributed by atoms with Crippen molar-refractivity contribution in [1.82, 2.24) is 0 Å². The monoisotopic (exact) mass is 1110 g/mol. The molecule has 0 heterocycles. The quantitative estimate of drug-likeness (QED) is 0.0261. The highest BCUT2D eigenvalue weighted by atomic mass is 16.6. The zero-order valence-corrected chi connectivity index (χ0v) is 53.1. The van der Waals surface area contributed by atoms with Gasteiger partial charge >= 0.3 is 17.9 Å². The lowest BCUT2D eigenvalue weighted by Crippen LogP contribution is -2.30. The third-order valence-electron chi connectivity index (χ3n) is 15.1. The van der Waals surface area contributed by atoms with Gasteiger partial charge in [0.2, 0.25) is 0 Å². The Balaban J connectivity index is 4.36. The van der Waals surface area contributed by atoms with Gasteiger partial charge in [0.25, 0.3) is 0 Å². The number of hydrogen-bond acceptors (Lipinski definition) is 6. The average molecular weight is 1120 g/mol. The van der Waals surface area contributed by atoms with Gasteiger partial charge in [-0.25, -0.2) is 0 Å². The number of unbranched alkanes of at least 4 members (excludes halogenated alkanes) is 38. The van der Waals surface area contributed by atoms with Crippen molar-refractivity contribution in [3.8, 4) is 0 Å². The molecule has 0 saturated heterocycles. The Morgan fingerprint density at radius 2 is 0.487 bits per heavy atom. The van der Waals surface area contributed by atoms with Crippen LogP contribution in [-0.2, 0) is 28.6 Å². The van der Waals surface area contributed by atoms with E-state index < -0.39 is 6.10 Å². The molecule has 0 aliphatic rings. The molecule has 1 unspecified atom stereocenters. The molecule has 0 rings (SSSR count). The van der Waals surface area contributed by atoms with Crippen LogP contribution in [0.4, 0.5) is 0 Å². The Labute approximate surface area is 496 Å². The average Bonchev–Trinajstić information content (AvgIpc) is 3.46. The van der Waals surface area contributed by atoms with E-state index in [0.29, 0.717) is 19.3 Å². The van der Waals surface area contributed by atoms with Gasteiger partial charge in [-0.1, -0.05) is 298 Å². The lowest BCUT2D eigenvalue weighted by molar-refractivity contribution is -0.167. The minimum atomic E-state index is -0.785. The summed E-state index contributed by atoms with van der Waals surface area (Å²) < 4.78 is 17.0. The van der Waals surface area contributed by atoms with Gasteiger partial charge in [0.05, 0.1) is 0 Å². The topological polar surface area (TPSA) is 78.9 Å². The van der Waals surface area contributed by atoms with Gasteiger partial charge < -0.3 is 14.2 Å². The highest BCUT2D eigenvalue weighted by molar-refractivity contribution is 5.71. The predicted octanol–water partition coefficient (Wildman–Crippen LogP) is 23.8. The van der Waals surface area contributed by atoms with E-state index in [2.05, 4.69) is 106 Å². The van der Waals surface area contributed by atoms with Crippen LogP contribution in [-0.4, -0.2) is 37.2 Å². The molecule has 0 spiro atoms.